The van der Waals surface area contributed by atoms with E-state index in [1.807, 2.05) is 0 Å². The standard InChI is InChI=1S/C9H16O3/c1-6-4-9(12-8(3)10)5-11-7(6)2/h6-7,9H,4-5H2,1-3H3. The van der Waals surface area contributed by atoms with Crippen molar-refractivity contribution in [2.75, 3.05) is 6.61 Å². The van der Waals surface area contributed by atoms with Crippen LogP contribution in [0.25, 0.3) is 0 Å². The van der Waals surface area contributed by atoms with Gasteiger partial charge >= 0.3 is 5.97 Å². The van der Waals surface area contributed by atoms with E-state index in [9.17, 15) is 4.79 Å². The fourth-order valence-corrected chi connectivity index (χ4v) is 1.41. The van der Waals surface area contributed by atoms with E-state index in [2.05, 4.69) is 13.8 Å². The lowest BCUT2D eigenvalue weighted by atomic mass is 9.96. The van der Waals surface area contributed by atoms with E-state index in [0.717, 1.165) is 6.42 Å². The van der Waals surface area contributed by atoms with E-state index in [-0.39, 0.29) is 18.2 Å². The highest BCUT2D eigenvalue weighted by Crippen LogP contribution is 2.21. The molecular formula is C9H16O3. The quantitative estimate of drug-likeness (QED) is 0.560. The molecule has 3 heteroatoms. The Balaban J connectivity index is 2.35. The molecule has 12 heavy (non-hydrogen) atoms. The maximum Gasteiger partial charge on any atom is 0.302 e. The highest BCUT2D eigenvalue weighted by Gasteiger charge is 2.26. The molecule has 0 spiro atoms. The van der Waals surface area contributed by atoms with Gasteiger partial charge in [0, 0.05) is 6.92 Å². The molecule has 0 aromatic heterocycles. The Morgan fingerprint density at radius 2 is 2.17 bits per heavy atom. The van der Waals surface area contributed by atoms with Crippen LogP contribution in [0.1, 0.15) is 27.2 Å². The van der Waals surface area contributed by atoms with Crippen molar-refractivity contribution in [3.63, 3.8) is 0 Å². The van der Waals surface area contributed by atoms with Gasteiger partial charge in [0.1, 0.15) is 6.10 Å². The van der Waals surface area contributed by atoms with E-state index >= 15 is 0 Å². The van der Waals surface area contributed by atoms with E-state index in [1.165, 1.54) is 6.92 Å². The van der Waals surface area contributed by atoms with Crippen LogP contribution in [0, 0.1) is 5.92 Å². The van der Waals surface area contributed by atoms with Crippen molar-refractivity contribution in [1.29, 1.82) is 0 Å². The number of hydrogen-bond donors (Lipinski definition) is 0. The molecule has 0 aliphatic carbocycles. The first-order valence-electron chi connectivity index (χ1n) is 4.38. The van der Waals surface area contributed by atoms with Crippen LogP contribution in [0.15, 0.2) is 0 Å². The van der Waals surface area contributed by atoms with Crippen LogP contribution in [0.3, 0.4) is 0 Å². The number of carbonyl (C=O) groups excluding carboxylic acids is 1. The minimum atomic E-state index is -0.217. The molecule has 0 saturated carbocycles. The molecule has 3 unspecified atom stereocenters. The summed E-state index contributed by atoms with van der Waals surface area (Å²) in [5.74, 6) is 0.258. The SMILES string of the molecule is CC(=O)OC1COC(C)C(C)C1. The Morgan fingerprint density at radius 1 is 1.50 bits per heavy atom. The van der Waals surface area contributed by atoms with Crippen molar-refractivity contribution in [2.45, 2.75) is 39.4 Å². The third-order valence-corrected chi connectivity index (χ3v) is 2.31. The maximum atomic E-state index is 10.6. The molecule has 1 heterocycles. The van der Waals surface area contributed by atoms with Crippen LogP contribution in [-0.2, 0) is 14.3 Å². The summed E-state index contributed by atoms with van der Waals surface area (Å²) in [5.41, 5.74) is 0. The van der Waals surface area contributed by atoms with Crippen LogP contribution >= 0.6 is 0 Å². The van der Waals surface area contributed by atoms with E-state index in [1.54, 1.807) is 0 Å². The third kappa shape index (κ3) is 2.48. The molecule has 0 aromatic carbocycles. The highest BCUT2D eigenvalue weighted by molar-refractivity contribution is 5.66. The summed E-state index contributed by atoms with van der Waals surface area (Å²) in [5, 5.41) is 0. The second kappa shape index (κ2) is 3.90. The average Bonchev–Trinajstić information content (AvgIpc) is 1.96. The predicted molar refractivity (Wildman–Crippen MR) is 44.7 cm³/mol. The minimum Gasteiger partial charge on any atom is -0.460 e. The Hall–Kier alpha value is -0.570. The van der Waals surface area contributed by atoms with Gasteiger partial charge in [-0.25, -0.2) is 0 Å². The number of esters is 1. The molecule has 1 fully saturated rings. The second-order valence-electron chi connectivity index (χ2n) is 3.48. The first-order chi connectivity index (χ1) is 5.59. The van der Waals surface area contributed by atoms with Gasteiger partial charge in [-0.2, -0.15) is 0 Å². The van der Waals surface area contributed by atoms with Crippen molar-refractivity contribution in [3.05, 3.63) is 0 Å². The van der Waals surface area contributed by atoms with E-state index in [4.69, 9.17) is 9.47 Å². The van der Waals surface area contributed by atoms with Crippen LogP contribution in [0.4, 0.5) is 0 Å². The topological polar surface area (TPSA) is 35.5 Å². The Kier molecular flexibility index (Phi) is 3.09. The normalized spacial score (nSPS) is 36.1. The molecule has 0 bridgehead atoms. The molecule has 1 aliphatic rings. The van der Waals surface area contributed by atoms with Gasteiger partial charge < -0.3 is 9.47 Å². The van der Waals surface area contributed by atoms with Crippen molar-refractivity contribution < 1.29 is 14.3 Å². The lowest BCUT2D eigenvalue weighted by Gasteiger charge is -2.31. The third-order valence-electron chi connectivity index (χ3n) is 2.31. The van der Waals surface area contributed by atoms with Crippen LogP contribution in [-0.4, -0.2) is 24.8 Å². The monoisotopic (exact) mass is 172 g/mol. The predicted octanol–water partition coefficient (Wildman–Crippen LogP) is 1.36. The summed E-state index contributed by atoms with van der Waals surface area (Å²) in [6.07, 6.45) is 1.17. The van der Waals surface area contributed by atoms with Gasteiger partial charge in [0.25, 0.3) is 0 Å². The lowest BCUT2D eigenvalue weighted by Crippen LogP contribution is -2.36. The van der Waals surface area contributed by atoms with Gasteiger partial charge in [-0.1, -0.05) is 6.92 Å². The van der Waals surface area contributed by atoms with Gasteiger partial charge in [-0.15, -0.1) is 0 Å². The zero-order valence-corrected chi connectivity index (χ0v) is 7.87. The molecule has 0 N–H and O–H groups in total. The Labute approximate surface area is 73.0 Å². The largest absolute Gasteiger partial charge is 0.460 e. The average molecular weight is 172 g/mol. The summed E-state index contributed by atoms with van der Waals surface area (Å²) in [4.78, 5) is 10.6. The molecular weight excluding hydrogens is 156 g/mol. The molecule has 3 nitrogen and oxygen atoms in total. The van der Waals surface area contributed by atoms with Crippen molar-refractivity contribution in [1.82, 2.24) is 0 Å². The smallest absolute Gasteiger partial charge is 0.302 e. The summed E-state index contributed by atoms with van der Waals surface area (Å²) in [6.45, 7) is 6.14. The fraction of sp³-hybridized carbons (Fsp3) is 0.889. The van der Waals surface area contributed by atoms with E-state index < -0.39 is 0 Å². The first-order valence-corrected chi connectivity index (χ1v) is 4.38. The maximum absolute atomic E-state index is 10.6. The van der Waals surface area contributed by atoms with Crippen LogP contribution < -0.4 is 0 Å². The zero-order chi connectivity index (χ0) is 9.14. The first kappa shape index (κ1) is 9.52. The van der Waals surface area contributed by atoms with Crippen LogP contribution in [0.2, 0.25) is 0 Å². The van der Waals surface area contributed by atoms with Gasteiger partial charge in [-0.05, 0) is 19.3 Å². The molecule has 3 atom stereocenters. The Bertz CT molecular complexity index is 167. The van der Waals surface area contributed by atoms with Gasteiger partial charge in [0.05, 0.1) is 12.7 Å². The summed E-state index contributed by atoms with van der Waals surface area (Å²) in [6, 6.07) is 0. The van der Waals surface area contributed by atoms with Crippen molar-refractivity contribution in [2.24, 2.45) is 5.92 Å². The van der Waals surface area contributed by atoms with E-state index in [0.29, 0.717) is 12.5 Å². The molecule has 1 saturated heterocycles. The van der Waals surface area contributed by atoms with Crippen molar-refractivity contribution in [3.8, 4) is 0 Å². The van der Waals surface area contributed by atoms with Gasteiger partial charge in [0.15, 0.2) is 0 Å². The minimum absolute atomic E-state index is 0.0336. The Morgan fingerprint density at radius 3 is 2.67 bits per heavy atom. The fourth-order valence-electron chi connectivity index (χ4n) is 1.41. The van der Waals surface area contributed by atoms with Gasteiger partial charge in [0.2, 0.25) is 0 Å². The molecule has 0 amide bonds. The number of hydrogen-bond acceptors (Lipinski definition) is 3. The lowest BCUT2D eigenvalue weighted by molar-refractivity contribution is -0.159. The number of rotatable bonds is 1. The molecule has 1 aliphatic heterocycles. The highest BCUT2D eigenvalue weighted by atomic mass is 16.6. The van der Waals surface area contributed by atoms with Crippen molar-refractivity contribution >= 4 is 5.97 Å². The number of ether oxygens (including phenoxy) is 2. The molecule has 1 rings (SSSR count). The number of carbonyl (C=O) groups is 1. The zero-order valence-electron chi connectivity index (χ0n) is 7.87. The molecule has 0 aromatic rings. The molecule has 70 valence electrons. The van der Waals surface area contributed by atoms with Gasteiger partial charge in [-0.3, -0.25) is 4.79 Å². The molecule has 0 radical (unpaired) electrons. The summed E-state index contributed by atoms with van der Waals surface area (Å²) >= 11 is 0. The summed E-state index contributed by atoms with van der Waals surface area (Å²) in [7, 11) is 0. The second-order valence-corrected chi connectivity index (χ2v) is 3.48. The van der Waals surface area contributed by atoms with Crippen LogP contribution in [0.5, 0.6) is 0 Å². The summed E-state index contributed by atoms with van der Waals surface area (Å²) < 4.78 is 10.5.